The number of rotatable bonds is 6. The topological polar surface area (TPSA) is 118 Å². The SMILES string of the molecule is Cc1cccc(S(=O)(=O)N(C)C[C@H]2OCc3cn(nn3)CCCC(=O)N([C@@H](C)CO)C[C@H]2C)c1. The predicted octanol–water partition coefficient (Wildman–Crippen LogP) is 1.43. The third kappa shape index (κ3) is 6.41. The number of carbonyl (C=O) groups excluding carboxylic acids is 1. The van der Waals surface area contributed by atoms with Crippen LogP contribution in [0.1, 0.15) is 37.9 Å². The summed E-state index contributed by atoms with van der Waals surface area (Å²) < 4.78 is 35.5. The number of nitrogens with zero attached hydrogens (tertiary/aromatic N) is 5. The van der Waals surface area contributed by atoms with E-state index >= 15 is 0 Å². The fourth-order valence-electron chi connectivity index (χ4n) is 4.00. The van der Waals surface area contributed by atoms with Crippen molar-refractivity contribution in [3.63, 3.8) is 0 Å². The zero-order valence-electron chi connectivity index (χ0n) is 20.3. The van der Waals surface area contributed by atoms with Gasteiger partial charge in [-0.05, 0) is 38.0 Å². The molecular formula is C23H35N5O5S. The molecule has 0 spiro atoms. The molecule has 188 valence electrons. The van der Waals surface area contributed by atoms with Gasteiger partial charge in [-0.25, -0.2) is 8.42 Å². The van der Waals surface area contributed by atoms with Crippen molar-refractivity contribution in [2.75, 3.05) is 26.7 Å². The summed E-state index contributed by atoms with van der Waals surface area (Å²) in [6, 6.07) is 6.43. The number of fused-ring (bicyclic) bond motifs is 2. The fourth-order valence-corrected chi connectivity index (χ4v) is 5.29. The van der Waals surface area contributed by atoms with Gasteiger partial charge in [0.1, 0.15) is 5.69 Å². The quantitative estimate of drug-likeness (QED) is 0.647. The zero-order chi connectivity index (χ0) is 24.9. The summed E-state index contributed by atoms with van der Waals surface area (Å²) in [7, 11) is -2.20. The molecule has 0 aliphatic carbocycles. The van der Waals surface area contributed by atoms with Gasteiger partial charge in [0.05, 0.1) is 36.5 Å². The van der Waals surface area contributed by atoms with Crippen LogP contribution in [-0.2, 0) is 32.7 Å². The average molecular weight is 494 g/mol. The predicted molar refractivity (Wildman–Crippen MR) is 126 cm³/mol. The largest absolute Gasteiger partial charge is 0.394 e. The molecular weight excluding hydrogens is 458 g/mol. The van der Waals surface area contributed by atoms with E-state index in [1.165, 1.54) is 11.4 Å². The second-order valence-electron chi connectivity index (χ2n) is 9.08. The number of carbonyl (C=O) groups is 1. The maximum atomic E-state index is 13.2. The Hall–Kier alpha value is -2.34. The molecule has 0 fully saturated rings. The van der Waals surface area contributed by atoms with Gasteiger partial charge in [-0.2, -0.15) is 4.31 Å². The number of amides is 1. The van der Waals surface area contributed by atoms with E-state index in [1.807, 2.05) is 19.9 Å². The highest BCUT2D eigenvalue weighted by atomic mass is 32.2. The Morgan fingerprint density at radius 2 is 2.12 bits per heavy atom. The van der Waals surface area contributed by atoms with E-state index < -0.39 is 16.1 Å². The van der Waals surface area contributed by atoms with Crippen LogP contribution in [0.25, 0.3) is 0 Å². The molecule has 1 aliphatic heterocycles. The molecule has 3 atom stereocenters. The van der Waals surface area contributed by atoms with Crippen LogP contribution in [0.4, 0.5) is 0 Å². The first-order valence-electron chi connectivity index (χ1n) is 11.6. The second-order valence-corrected chi connectivity index (χ2v) is 11.1. The molecule has 0 unspecified atom stereocenters. The summed E-state index contributed by atoms with van der Waals surface area (Å²) in [4.78, 5) is 14.8. The molecule has 34 heavy (non-hydrogen) atoms. The lowest BCUT2D eigenvalue weighted by Crippen LogP contribution is -2.47. The molecule has 11 heteroatoms. The molecule has 2 bridgehead atoms. The number of aryl methyl sites for hydroxylation is 2. The number of likely N-dealkylation sites (N-methyl/N-ethyl adjacent to an activating group) is 1. The Labute approximate surface area is 201 Å². The lowest BCUT2D eigenvalue weighted by molar-refractivity contribution is -0.136. The minimum Gasteiger partial charge on any atom is -0.394 e. The Bertz CT molecular complexity index is 1070. The molecule has 1 aliphatic rings. The maximum absolute atomic E-state index is 13.2. The molecule has 3 rings (SSSR count). The number of ether oxygens (including phenoxy) is 1. The Kier molecular flexibility index (Phi) is 8.80. The maximum Gasteiger partial charge on any atom is 0.242 e. The molecule has 1 aromatic heterocycles. The number of aromatic nitrogens is 3. The standard InChI is InChI=1S/C23H35N5O5S/c1-17-7-5-8-21(11-17)34(31,32)26(4)14-22-18(2)12-28(19(3)15-29)23(30)9-6-10-27-13-20(16-33-22)24-25-27/h5,7-8,11,13,18-19,22,29H,6,9-10,12,14-16H2,1-4H3/t18-,19+,22-/m1/s1. The molecule has 0 saturated carbocycles. The van der Waals surface area contributed by atoms with Crippen molar-refractivity contribution >= 4 is 15.9 Å². The number of benzene rings is 1. The zero-order valence-corrected chi connectivity index (χ0v) is 21.1. The van der Waals surface area contributed by atoms with Crippen LogP contribution >= 0.6 is 0 Å². The Balaban J connectivity index is 1.86. The number of hydrogen-bond acceptors (Lipinski definition) is 7. The smallest absolute Gasteiger partial charge is 0.242 e. The minimum atomic E-state index is -3.73. The minimum absolute atomic E-state index is 0.0625. The Morgan fingerprint density at radius 1 is 1.35 bits per heavy atom. The third-order valence-electron chi connectivity index (χ3n) is 6.18. The van der Waals surface area contributed by atoms with E-state index in [-0.39, 0.29) is 42.5 Å². The van der Waals surface area contributed by atoms with Crippen molar-refractivity contribution < 1.29 is 23.1 Å². The van der Waals surface area contributed by atoms with Gasteiger partial charge in [-0.1, -0.05) is 24.3 Å². The highest BCUT2D eigenvalue weighted by Crippen LogP contribution is 2.21. The number of hydrogen-bond donors (Lipinski definition) is 1. The molecule has 2 heterocycles. The van der Waals surface area contributed by atoms with Crippen LogP contribution < -0.4 is 0 Å². The van der Waals surface area contributed by atoms with Crippen LogP contribution in [0.3, 0.4) is 0 Å². The van der Waals surface area contributed by atoms with E-state index in [0.29, 0.717) is 31.6 Å². The van der Waals surface area contributed by atoms with Crippen molar-refractivity contribution in [3.8, 4) is 0 Å². The van der Waals surface area contributed by atoms with Gasteiger partial charge in [0.2, 0.25) is 15.9 Å². The lowest BCUT2D eigenvalue weighted by atomic mass is 10.0. The highest BCUT2D eigenvalue weighted by molar-refractivity contribution is 7.89. The summed E-state index contributed by atoms with van der Waals surface area (Å²) >= 11 is 0. The van der Waals surface area contributed by atoms with Crippen molar-refractivity contribution in [3.05, 3.63) is 41.7 Å². The Morgan fingerprint density at radius 3 is 2.82 bits per heavy atom. The summed E-state index contributed by atoms with van der Waals surface area (Å²) in [6.07, 6.45) is 2.19. The van der Waals surface area contributed by atoms with Crippen LogP contribution in [0.15, 0.2) is 35.4 Å². The molecule has 1 amide bonds. The number of sulfonamides is 1. The van der Waals surface area contributed by atoms with Crippen LogP contribution in [0.5, 0.6) is 0 Å². The molecule has 0 radical (unpaired) electrons. The van der Waals surface area contributed by atoms with Crippen molar-refractivity contribution in [1.82, 2.24) is 24.2 Å². The monoisotopic (exact) mass is 493 g/mol. The number of aliphatic hydroxyl groups is 1. The van der Waals surface area contributed by atoms with E-state index in [4.69, 9.17) is 4.74 Å². The van der Waals surface area contributed by atoms with Gasteiger partial charge in [-0.3, -0.25) is 9.48 Å². The van der Waals surface area contributed by atoms with Crippen molar-refractivity contribution in [2.45, 2.75) is 63.8 Å². The normalized spacial score (nSPS) is 21.6. The van der Waals surface area contributed by atoms with Gasteiger partial charge in [0, 0.05) is 39.0 Å². The first-order chi connectivity index (χ1) is 16.1. The van der Waals surface area contributed by atoms with Crippen LogP contribution in [-0.4, -0.2) is 82.5 Å². The van der Waals surface area contributed by atoms with E-state index in [1.54, 1.807) is 40.9 Å². The van der Waals surface area contributed by atoms with Crippen molar-refractivity contribution in [2.24, 2.45) is 5.92 Å². The number of aliphatic hydroxyl groups excluding tert-OH is 1. The third-order valence-corrected chi connectivity index (χ3v) is 8.00. The summed E-state index contributed by atoms with van der Waals surface area (Å²) in [6.45, 7) is 6.59. The highest BCUT2D eigenvalue weighted by Gasteiger charge is 2.31. The summed E-state index contributed by atoms with van der Waals surface area (Å²) in [5.74, 6) is -0.267. The average Bonchev–Trinajstić information content (AvgIpc) is 3.26. The molecule has 1 N–H and O–H groups in total. The van der Waals surface area contributed by atoms with Gasteiger partial charge in [0.15, 0.2) is 0 Å². The molecule has 0 saturated heterocycles. The molecule has 1 aromatic carbocycles. The first kappa shape index (κ1) is 26.3. The van der Waals surface area contributed by atoms with Gasteiger partial charge >= 0.3 is 0 Å². The molecule has 2 aromatic rings. The lowest BCUT2D eigenvalue weighted by Gasteiger charge is -2.35. The van der Waals surface area contributed by atoms with Crippen LogP contribution in [0, 0.1) is 12.8 Å². The summed E-state index contributed by atoms with van der Waals surface area (Å²) in [5.41, 5.74) is 1.50. The van der Waals surface area contributed by atoms with E-state index in [0.717, 1.165) is 5.56 Å². The fraction of sp³-hybridized carbons (Fsp3) is 0.609. The van der Waals surface area contributed by atoms with Gasteiger partial charge in [-0.15, -0.1) is 5.10 Å². The van der Waals surface area contributed by atoms with Crippen LogP contribution in [0.2, 0.25) is 0 Å². The van der Waals surface area contributed by atoms with E-state index in [2.05, 4.69) is 10.3 Å². The van der Waals surface area contributed by atoms with Gasteiger partial charge in [0.25, 0.3) is 0 Å². The second kappa shape index (κ2) is 11.4. The first-order valence-corrected chi connectivity index (χ1v) is 13.0. The summed E-state index contributed by atoms with van der Waals surface area (Å²) in [5, 5.41) is 17.9. The molecule has 10 nitrogen and oxygen atoms in total. The van der Waals surface area contributed by atoms with E-state index in [9.17, 15) is 18.3 Å². The van der Waals surface area contributed by atoms with Gasteiger partial charge < -0.3 is 14.7 Å². The van der Waals surface area contributed by atoms with Crippen molar-refractivity contribution in [1.29, 1.82) is 0 Å².